The second-order valence-corrected chi connectivity index (χ2v) is 5.98. The highest BCUT2D eigenvalue weighted by molar-refractivity contribution is 9.11. The fourth-order valence-corrected chi connectivity index (χ4v) is 3.25. The number of hydrogen-bond acceptors (Lipinski definition) is 2. The molecule has 11 heteroatoms. The Morgan fingerprint density at radius 2 is 1.43 bits per heavy atom. The average molecular weight is 466 g/mol. The molecule has 0 unspecified atom stereocenters. The third-order valence-electron chi connectivity index (χ3n) is 2.69. The maximum absolute atomic E-state index is 12.7. The van der Waals surface area contributed by atoms with E-state index in [0.29, 0.717) is 23.0 Å². The van der Waals surface area contributed by atoms with Crippen LogP contribution >= 0.6 is 31.9 Å². The Bertz CT molecular complexity index is 789. The molecule has 2 aromatic rings. The Morgan fingerprint density at radius 1 is 0.913 bits per heavy atom. The van der Waals surface area contributed by atoms with Crippen LogP contribution in [0.1, 0.15) is 11.3 Å². The highest BCUT2D eigenvalue weighted by Crippen LogP contribution is 2.37. The van der Waals surface area contributed by atoms with Crippen molar-refractivity contribution in [1.29, 1.82) is 0 Å². The summed E-state index contributed by atoms with van der Waals surface area (Å²) in [6, 6.07) is 1.69. The van der Waals surface area contributed by atoms with Crippen molar-refractivity contribution in [2.75, 3.05) is 0 Å². The molecule has 124 valence electrons. The molecular formula is C12H4Br2F6N2O. The van der Waals surface area contributed by atoms with Crippen molar-refractivity contribution < 1.29 is 26.3 Å². The molecule has 0 amide bonds. The standard InChI is InChI=1S/C12H4Br2F6N2O/c13-6-1-5(11(15,16)17)2-7(14)10(6)22-4-21-8(3-9(22)23)12(18,19)20/h1-4H. The highest BCUT2D eigenvalue weighted by atomic mass is 79.9. The summed E-state index contributed by atoms with van der Waals surface area (Å²) in [5, 5.41) is 0. The molecular weight excluding hydrogens is 462 g/mol. The number of hydrogen-bond donors (Lipinski definition) is 0. The molecule has 1 heterocycles. The van der Waals surface area contributed by atoms with Crippen LogP contribution in [0.15, 0.2) is 38.3 Å². The second kappa shape index (κ2) is 5.93. The second-order valence-electron chi connectivity index (χ2n) is 4.27. The predicted octanol–water partition coefficient (Wildman–Crippen LogP) is 4.80. The van der Waals surface area contributed by atoms with Crippen LogP contribution < -0.4 is 5.56 Å². The van der Waals surface area contributed by atoms with Gasteiger partial charge in [0.15, 0.2) is 5.69 Å². The molecule has 0 aliphatic heterocycles. The van der Waals surface area contributed by atoms with E-state index in [-0.39, 0.29) is 20.7 Å². The van der Waals surface area contributed by atoms with E-state index in [4.69, 9.17) is 0 Å². The van der Waals surface area contributed by atoms with Gasteiger partial charge < -0.3 is 0 Å². The zero-order valence-corrected chi connectivity index (χ0v) is 13.8. The van der Waals surface area contributed by atoms with Crippen molar-refractivity contribution in [2.24, 2.45) is 0 Å². The minimum atomic E-state index is -4.80. The molecule has 0 spiro atoms. The van der Waals surface area contributed by atoms with Crippen molar-refractivity contribution in [3.8, 4) is 5.69 Å². The Morgan fingerprint density at radius 3 is 1.83 bits per heavy atom. The summed E-state index contributed by atoms with van der Waals surface area (Å²) in [5.74, 6) is 0. The van der Waals surface area contributed by atoms with E-state index < -0.39 is 29.2 Å². The molecule has 0 fully saturated rings. The Labute approximate surface area is 141 Å². The number of aromatic nitrogens is 2. The van der Waals surface area contributed by atoms with Crippen LogP contribution in [0.2, 0.25) is 0 Å². The summed E-state index contributed by atoms with van der Waals surface area (Å²) < 4.78 is 76.0. The van der Waals surface area contributed by atoms with E-state index in [1.54, 1.807) is 0 Å². The topological polar surface area (TPSA) is 34.9 Å². The molecule has 2 rings (SSSR count). The maximum atomic E-state index is 12.7. The van der Waals surface area contributed by atoms with Crippen molar-refractivity contribution in [3.63, 3.8) is 0 Å². The van der Waals surface area contributed by atoms with Crippen molar-refractivity contribution in [3.05, 3.63) is 55.1 Å². The van der Waals surface area contributed by atoms with Gasteiger partial charge in [0.05, 0.1) is 11.3 Å². The van der Waals surface area contributed by atoms with E-state index in [1.807, 2.05) is 0 Å². The van der Waals surface area contributed by atoms with Crippen LogP contribution in [0.4, 0.5) is 26.3 Å². The van der Waals surface area contributed by atoms with Gasteiger partial charge in [-0.25, -0.2) is 4.98 Å². The highest BCUT2D eigenvalue weighted by Gasteiger charge is 2.34. The zero-order valence-electron chi connectivity index (χ0n) is 10.6. The van der Waals surface area contributed by atoms with Crippen LogP contribution in [0.3, 0.4) is 0 Å². The van der Waals surface area contributed by atoms with Crippen molar-refractivity contribution in [2.45, 2.75) is 12.4 Å². The first-order chi connectivity index (χ1) is 10.4. The first kappa shape index (κ1) is 18.0. The zero-order chi connectivity index (χ0) is 17.6. The number of rotatable bonds is 1. The molecule has 0 bridgehead atoms. The van der Waals surface area contributed by atoms with E-state index in [2.05, 4.69) is 36.8 Å². The number of benzene rings is 1. The average Bonchev–Trinajstić information content (AvgIpc) is 2.37. The van der Waals surface area contributed by atoms with Crippen LogP contribution in [-0.2, 0) is 12.4 Å². The Kier molecular flexibility index (Phi) is 4.64. The number of nitrogens with zero attached hydrogens (tertiary/aromatic N) is 2. The first-order valence-electron chi connectivity index (χ1n) is 5.64. The maximum Gasteiger partial charge on any atom is 0.433 e. The smallest absolute Gasteiger partial charge is 0.269 e. The van der Waals surface area contributed by atoms with Gasteiger partial charge in [0.25, 0.3) is 5.56 Å². The summed E-state index contributed by atoms with van der Waals surface area (Å²) in [6.07, 6.45) is -8.82. The van der Waals surface area contributed by atoms with Gasteiger partial charge in [-0.2, -0.15) is 26.3 Å². The van der Waals surface area contributed by atoms with Gasteiger partial charge in [-0.15, -0.1) is 0 Å². The summed E-state index contributed by atoms with van der Waals surface area (Å²) in [7, 11) is 0. The fraction of sp³-hybridized carbons (Fsp3) is 0.167. The van der Waals surface area contributed by atoms with Crippen LogP contribution in [-0.4, -0.2) is 9.55 Å². The van der Waals surface area contributed by atoms with Gasteiger partial charge >= 0.3 is 12.4 Å². The lowest BCUT2D eigenvalue weighted by Crippen LogP contribution is -2.23. The van der Waals surface area contributed by atoms with Gasteiger partial charge in [0.1, 0.15) is 6.33 Å². The minimum absolute atomic E-state index is 0.0933. The van der Waals surface area contributed by atoms with Gasteiger partial charge in [0.2, 0.25) is 0 Å². The van der Waals surface area contributed by atoms with E-state index in [1.165, 1.54) is 0 Å². The van der Waals surface area contributed by atoms with E-state index in [0.717, 1.165) is 0 Å². The van der Waals surface area contributed by atoms with Gasteiger partial charge in [-0.3, -0.25) is 9.36 Å². The minimum Gasteiger partial charge on any atom is -0.269 e. The predicted molar refractivity (Wildman–Crippen MR) is 75.2 cm³/mol. The molecule has 23 heavy (non-hydrogen) atoms. The normalized spacial score (nSPS) is 12.5. The lowest BCUT2D eigenvalue weighted by molar-refractivity contribution is -0.141. The third kappa shape index (κ3) is 3.77. The summed E-state index contributed by atoms with van der Waals surface area (Å²) >= 11 is 5.76. The Hall–Kier alpha value is -1.36. The lowest BCUT2D eigenvalue weighted by atomic mass is 10.2. The fourth-order valence-electron chi connectivity index (χ4n) is 1.68. The Balaban J connectivity index is 2.62. The quantitative estimate of drug-likeness (QED) is 0.567. The summed E-state index contributed by atoms with van der Waals surface area (Å²) in [6.45, 7) is 0. The van der Waals surface area contributed by atoms with Gasteiger partial charge in [-0.05, 0) is 44.0 Å². The summed E-state index contributed by atoms with van der Waals surface area (Å²) in [5.41, 5.74) is -3.57. The largest absolute Gasteiger partial charge is 0.433 e. The molecule has 0 aliphatic carbocycles. The lowest BCUT2D eigenvalue weighted by Gasteiger charge is -2.14. The third-order valence-corrected chi connectivity index (χ3v) is 3.89. The molecule has 0 aliphatic rings. The molecule has 0 atom stereocenters. The number of halogens is 8. The molecule has 0 radical (unpaired) electrons. The summed E-state index contributed by atoms with van der Waals surface area (Å²) in [4.78, 5) is 14.9. The SMILES string of the molecule is O=c1cc(C(F)(F)F)ncn1-c1c(Br)cc(C(F)(F)F)cc1Br. The van der Waals surface area contributed by atoms with E-state index >= 15 is 0 Å². The van der Waals surface area contributed by atoms with Crippen molar-refractivity contribution >= 4 is 31.9 Å². The van der Waals surface area contributed by atoms with Crippen molar-refractivity contribution in [1.82, 2.24) is 9.55 Å². The molecule has 1 aromatic carbocycles. The van der Waals surface area contributed by atoms with Gasteiger partial charge in [0, 0.05) is 15.0 Å². The molecule has 3 nitrogen and oxygen atoms in total. The van der Waals surface area contributed by atoms with Crippen LogP contribution in [0.5, 0.6) is 0 Å². The molecule has 0 saturated carbocycles. The van der Waals surface area contributed by atoms with E-state index in [9.17, 15) is 31.1 Å². The molecule has 1 aromatic heterocycles. The number of alkyl halides is 6. The molecule has 0 N–H and O–H groups in total. The van der Waals surface area contributed by atoms with Gasteiger partial charge in [-0.1, -0.05) is 0 Å². The van der Waals surface area contributed by atoms with Crippen LogP contribution in [0.25, 0.3) is 5.69 Å². The monoisotopic (exact) mass is 464 g/mol. The van der Waals surface area contributed by atoms with Crippen LogP contribution in [0, 0.1) is 0 Å². The molecule has 0 saturated heterocycles. The first-order valence-corrected chi connectivity index (χ1v) is 7.22.